The number of para-hydroxylation sites is 1. The molecule has 0 aliphatic rings. The predicted octanol–water partition coefficient (Wildman–Crippen LogP) is 4.05. The van der Waals surface area contributed by atoms with E-state index in [1.807, 2.05) is 0 Å². The van der Waals surface area contributed by atoms with Gasteiger partial charge in [0.25, 0.3) is 10.0 Å². The average Bonchev–Trinajstić information content (AvgIpc) is 2.49. The van der Waals surface area contributed by atoms with Gasteiger partial charge in [-0.2, -0.15) is 0 Å². The molecule has 0 aromatic heterocycles. The van der Waals surface area contributed by atoms with Crippen LogP contribution in [0.4, 0.5) is 11.4 Å². The highest BCUT2D eigenvalue weighted by Crippen LogP contribution is 2.25. The van der Waals surface area contributed by atoms with Gasteiger partial charge in [-0.15, -0.1) is 0 Å². The number of rotatable bonds is 5. The maximum absolute atomic E-state index is 12.5. The van der Waals surface area contributed by atoms with Crippen LogP contribution < -0.4 is 10.0 Å². The third-order valence-corrected chi connectivity index (χ3v) is 4.64. The van der Waals surface area contributed by atoms with Gasteiger partial charge in [0, 0.05) is 11.8 Å². The monoisotopic (exact) mass is 364 g/mol. The number of sulfonamides is 1. The Morgan fingerprint density at radius 1 is 1.08 bits per heavy atom. The van der Waals surface area contributed by atoms with Gasteiger partial charge in [0.05, 0.1) is 15.6 Å². The number of halogens is 1. The first-order chi connectivity index (χ1) is 11.3. The number of carbonyl (C=O) groups is 1. The summed E-state index contributed by atoms with van der Waals surface area (Å²) in [7, 11) is -3.82. The van der Waals surface area contributed by atoms with E-state index in [1.165, 1.54) is 18.2 Å². The van der Waals surface area contributed by atoms with E-state index >= 15 is 0 Å². The molecule has 0 saturated heterocycles. The van der Waals surface area contributed by atoms with Crippen LogP contribution in [0.2, 0.25) is 5.02 Å². The van der Waals surface area contributed by atoms with E-state index in [0.717, 1.165) is 5.57 Å². The highest BCUT2D eigenvalue weighted by atomic mass is 35.5. The number of carbonyl (C=O) groups excluding carboxylic acids is 1. The molecule has 0 saturated carbocycles. The van der Waals surface area contributed by atoms with Crippen molar-refractivity contribution < 1.29 is 13.2 Å². The highest BCUT2D eigenvalue weighted by Gasteiger charge is 2.16. The second kappa shape index (κ2) is 7.51. The Kier molecular flexibility index (Phi) is 5.64. The Hall–Kier alpha value is -2.31. The Balaban J connectivity index is 2.25. The summed E-state index contributed by atoms with van der Waals surface area (Å²) in [5, 5.41) is 2.93. The SMILES string of the molecule is CC(C)=CC(=O)Nc1cccc(S(=O)(=O)Nc2ccccc2Cl)c1. The molecular formula is C17H17ClN2O3S. The van der Waals surface area contributed by atoms with Crippen molar-refractivity contribution in [1.29, 1.82) is 0 Å². The number of allylic oxidation sites excluding steroid dienone is 1. The highest BCUT2D eigenvalue weighted by molar-refractivity contribution is 7.92. The van der Waals surface area contributed by atoms with E-state index in [-0.39, 0.29) is 16.5 Å². The third kappa shape index (κ3) is 4.84. The molecule has 0 spiro atoms. The van der Waals surface area contributed by atoms with Crippen LogP contribution in [-0.4, -0.2) is 14.3 Å². The average molecular weight is 365 g/mol. The van der Waals surface area contributed by atoms with Gasteiger partial charge < -0.3 is 5.32 Å². The molecule has 0 atom stereocenters. The maximum atomic E-state index is 12.5. The van der Waals surface area contributed by atoms with Gasteiger partial charge in [0.15, 0.2) is 0 Å². The zero-order valence-corrected chi connectivity index (χ0v) is 14.8. The van der Waals surface area contributed by atoms with Crippen molar-refractivity contribution in [2.24, 2.45) is 0 Å². The van der Waals surface area contributed by atoms with E-state index in [9.17, 15) is 13.2 Å². The summed E-state index contributed by atoms with van der Waals surface area (Å²) < 4.78 is 27.4. The molecule has 24 heavy (non-hydrogen) atoms. The summed E-state index contributed by atoms with van der Waals surface area (Å²) in [5.41, 5.74) is 1.52. The first-order valence-electron chi connectivity index (χ1n) is 7.11. The number of hydrogen-bond acceptors (Lipinski definition) is 3. The molecule has 2 N–H and O–H groups in total. The topological polar surface area (TPSA) is 75.3 Å². The van der Waals surface area contributed by atoms with Gasteiger partial charge in [-0.25, -0.2) is 8.42 Å². The van der Waals surface area contributed by atoms with Crippen LogP contribution in [0.25, 0.3) is 0 Å². The van der Waals surface area contributed by atoms with Crippen molar-refractivity contribution in [3.8, 4) is 0 Å². The first-order valence-corrected chi connectivity index (χ1v) is 8.97. The van der Waals surface area contributed by atoms with Crippen LogP contribution in [0, 0.1) is 0 Å². The zero-order chi connectivity index (χ0) is 17.7. The standard InChI is InChI=1S/C17H17ClN2O3S/c1-12(2)10-17(21)19-13-6-5-7-14(11-13)24(22,23)20-16-9-4-3-8-15(16)18/h3-11,20H,1-2H3,(H,19,21). The van der Waals surface area contributed by atoms with Crippen LogP contribution >= 0.6 is 11.6 Å². The van der Waals surface area contributed by atoms with Crippen LogP contribution in [0.3, 0.4) is 0 Å². The smallest absolute Gasteiger partial charge is 0.262 e. The van der Waals surface area contributed by atoms with E-state index in [4.69, 9.17) is 11.6 Å². The fourth-order valence-electron chi connectivity index (χ4n) is 1.93. The van der Waals surface area contributed by atoms with Crippen molar-refractivity contribution in [3.05, 3.63) is 65.2 Å². The quantitative estimate of drug-likeness (QED) is 0.786. The summed E-state index contributed by atoms with van der Waals surface area (Å²) in [4.78, 5) is 11.8. The van der Waals surface area contributed by atoms with Crippen LogP contribution in [0.1, 0.15) is 13.8 Å². The van der Waals surface area contributed by atoms with Gasteiger partial charge in [-0.1, -0.05) is 35.4 Å². The number of benzene rings is 2. The molecule has 0 fully saturated rings. The lowest BCUT2D eigenvalue weighted by molar-refractivity contribution is -0.111. The van der Waals surface area contributed by atoms with Crippen molar-refractivity contribution in [2.45, 2.75) is 18.7 Å². The molecule has 2 aromatic rings. The van der Waals surface area contributed by atoms with Crippen molar-refractivity contribution in [2.75, 3.05) is 10.0 Å². The van der Waals surface area contributed by atoms with E-state index in [0.29, 0.717) is 10.7 Å². The van der Waals surface area contributed by atoms with Gasteiger partial charge in [0.1, 0.15) is 0 Å². The fraction of sp³-hybridized carbons (Fsp3) is 0.118. The second-order valence-corrected chi connectivity index (χ2v) is 7.41. The van der Waals surface area contributed by atoms with Crippen molar-refractivity contribution >= 4 is 38.9 Å². The summed E-state index contributed by atoms with van der Waals surface area (Å²) in [6.07, 6.45) is 1.43. The molecule has 0 aliphatic carbocycles. The summed E-state index contributed by atoms with van der Waals surface area (Å²) >= 11 is 5.98. The summed E-state index contributed by atoms with van der Waals surface area (Å²) in [6.45, 7) is 3.60. The molecule has 0 heterocycles. The Labute approximate surface area is 146 Å². The molecular weight excluding hydrogens is 348 g/mol. The second-order valence-electron chi connectivity index (χ2n) is 5.32. The minimum absolute atomic E-state index is 0.0254. The fourth-order valence-corrected chi connectivity index (χ4v) is 3.29. The van der Waals surface area contributed by atoms with E-state index in [1.54, 1.807) is 50.2 Å². The molecule has 126 valence electrons. The summed E-state index contributed by atoms with van der Waals surface area (Å²) in [5.74, 6) is -0.316. The predicted molar refractivity (Wildman–Crippen MR) is 96.8 cm³/mol. The van der Waals surface area contributed by atoms with Gasteiger partial charge in [-0.05, 0) is 44.2 Å². The Bertz CT molecular complexity index is 888. The molecule has 0 unspecified atom stereocenters. The minimum atomic E-state index is -3.82. The van der Waals surface area contributed by atoms with Crippen LogP contribution in [-0.2, 0) is 14.8 Å². The molecule has 0 aliphatic heterocycles. The third-order valence-electron chi connectivity index (χ3n) is 2.95. The number of anilines is 2. The zero-order valence-electron chi connectivity index (χ0n) is 13.2. The minimum Gasteiger partial charge on any atom is -0.322 e. The van der Waals surface area contributed by atoms with E-state index < -0.39 is 10.0 Å². The Morgan fingerprint density at radius 2 is 1.79 bits per heavy atom. The normalized spacial score (nSPS) is 10.8. The summed E-state index contributed by atoms with van der Waals surface area (Å²) in [6, 6.07) is 12.5. The van der Waals surface area contributed by atoms with Crippen LogP contribution in [0.15, 0.2) is 65.1 Å². The lowest BCUT2D eigenvalue weighted by Crippen LogP contribution is -2.14. The molecule has 1 amide bonds. The molecule has 0 bridgehead atoms. The molecule has 2 aromatic carbocycles. The van der Waals surface area contributed by atoms with Crippen molar-refractivity contribution in [1.82, 2.24) is 0 Å². The van der Waals surface area contributed by atoms with Gasteiger partial charge >= 0.3 is 0 Å². The van der Waals surface area contributed by atoms with Crippen LogP contribution in [0.5, 0.6) is 0 Å². The molecule has 2 rings (SSSR count). The van der Waals surface area contributed by atoms with Gasteiger partial charge in [-0.3, -0.25) is 9.52 Å². The Morgan fingerprint density at radius 3 is 2.46 bits per heavy atom. The molecule has 7 heteroatoms. The number of amides is 1. The van der Waals surface area contributed by atoms with Gasteiger partial charge in [0.2, 0.25) is 5.91 Å². The van der Waals surface area contributed by atoms with Crippen molar-refractivity contribution in [3.63, 3.8) is 0 Å². The molecule has 0 radical (unpaired) electrons. The lowest BCUT2D eigenvalue weighted by atomic mass is 10.3. The number of hydrogen-bond donors (Lipinski definition) is 2. The lowest BCUT2D eigenvalue weighted by Gasteiger charge is -2.11. The maximum Gasteiger partial charge on any atom is 0.262 e. The van der Waals surface area contributed by atoms with E-state index in [2.05, 4.69) is 10.0 Å². The largest absolute Gasteiger partial charge is 0.322 e. The first kappa shape index (κ1) is 18.0. The molecule has 5 nitrogen and oxygen atoms in total. The number of nitrogens with one attached hydrogen (secondary N) is 2.